The van der Waals surface area contributed by atoms with Gasteiger partial charge in [-0.15, -0.1) is 0 Å². The summed E-state index contributed by atoms with van der Waals surface area (Å²) in [7, 11) is 0. The predicted octanol–water partition coefficient (Wildman–Crippen LogP) is 3.15. The van der Waals surface area contributed by atoms with Crippen molar-refractivity contribution in [3.05, 3.63) is 46.7 Å². The normalized spacial score (nSPS) is 10.2. The molecule has 0 amide bonds. The molecule has 0 unspecified atom stereocenters. The molecule has 1 aromatic heterocycles. The Hall–Kier alpha value is -1.40. The minimum atomic E-state index is 0.603. The van der Waals surface area contributed by atoms with Crippen LogP contribution < -0.4 is 10.6 Å². The molecule has 0 saturated carbocycles. The van der Waals surface area contributed by atoms with E-state index >= 15 is 0 Å². The van der Waals surface area contributed by atoms with Gasteiger partial charge in [-0.05, 0) is 43.4 Å². The third kappa shape index (κ3) is 4.33. The molecule has 0 bridgehead atoms. The summed E-state index contributed by atoms with van der Waals surface area (Å²) in [6.07, 6.45) is 3.86. The minimum absolute atomic E-state index is 0.603. The van der Waals surface area contributed by atoms with Crippen molar-refractivity contribution in [2.75, 3.05) is 5.32 Å². The molecule has 0 fully saturated rings. The second-order valence-corrected chi connectivity index (χ2v) is 5.34. The number of thiocarbonyl (C=S) groups is 1. The van der Waals surface area contributed by atoms with Crippen molar-refractivity contribution in [3.63, 3.8) is 0 Å². The number of halogens is 1. The Balaban J connectivity index is 1.82. The molecule has 2 N–H and O–H groups in total. The lowest BCUT2D eigenvalue weighted by molar-refractivity contribution is 0.659. The van der Waals surface area contributed by atoms with Gasteiger partial charge in [0.2, 0.25) is 0 Å². The van der Waals surface area contributed by atoms with Crippen LogP contribution in [0.15, 0.2) is 41.1 Å². The molecule has 0 aliphatic heterocycles. The number of rotatable bonds is 4. The number of nitrogens with zero attached hydrogens (tertiary/aromatic N) is 2. The summed E-state index contributed by atoms with van der Waals surface area (Å²) in [4.78, 5) is 0. The van der Waals surface area contributed by atoms with Crippen LogP contribution in [0, 0.1) is 0 Å². The van der Waals surface area contributed by atoms with Gasteiger partial charge >= 0.3 is 0 Å². The minimum Gasteiger partial charge on any atom is -0.358 e. The fraction of sp³-hybridized carbons (Fsp3) is 0.231. The molecule has 2 aromatic rings. The first-order valence-corrected chi connectivity index (χ1v) is 7.19. The van der Waals surface area contributed by atoms with Gasteiger partial charge < -0.3 is 10.6 Å². The summed E-state index contributed by atoms with van der Waals surface area (Å²) >= 11 is 8.64. The van der Waals surface area contributed by atoms with Gasteiger partial charge in [0.15, 0.2) is 5.11 Å². The van der Waals surface area contributed by atoms with Crippen LogP contribution in [0.25, 0.3) is 0 Å². The monoisotopic (exact) mass is 338 g/mol. The molecular weight excluding hydrogens is 324 g/mol. The zero-order valence-electron chi connectivity index (χ0n) is 10.6. The lowest BCUT2D eigenvalue weighted by Gasteiger charge is -2.09. The highest BCUT2D eigenvalue weighted by atomic mass is 79.9. The maximum Gasteiger partial charge on any atom is 0.171 e. The summed E-state index contributed by atoms with van der Waals surface area (Å²) in [5.41, 5.74) is 2.08. The SMILES string of the molecule is CCn1cc(CNC(=S)Nc2ccc(Br)cc2)cn1. The fourth-order valence-corrected chi connectivity index (χ4v) is 2.02. The molecule has 0 spiro atoms. The van der Waals surface area contributed by atoms with Crippen molar-refractivity contribution >= 4 is 38.9 Å². The molecule has 1 aromatic carbocycles. The number of benzene rings is 1. The predicted molar refractivity (Wildman–Crippen MR) is 85.1 cm³/mol. The van der Waals surface area contributed by atoms with E-state index in [-0.39, 0.29) is 0 Å². The summed E-state index contributed by atoms with van der Waals surface area (Å²) < 4.78 is 2.94. The first kappa shape index (κ1) is 14.0. The van der Waals surface area contributed by atoms with Crippen molar-refractivity contribution in [2.45, 2.75) is 20.0 Å². The highest BCUT2D eigenvalue weighted by Gasteiger charge is 2.00. The number of hydrogen-bond acceptors (Lipinski definition) is 2. The van der Waals surface area contributed by atoms with Crippen molar-refractivity contribution in [3.8, 4) is 0 Å². The highest BCUT2D eigenvalue weighted by Crippen LogP contribution is 2.13. The fourth-order valence-electron chi connectivity index (χ4n) is 1.56. The standard InChI is InChI=1S/C13H15BrN4S/c1-2-18-9-10(8-16-18)7-15-13(19)17-12-5-3-11(14)4-6-12/h3-6,8-9H,2,7H2,1H3,(H2,15,17,19). The van der Waals surface area contributed by atoms with Crippen molar-refractivity contribution in [1.29, 1.82) is 0 Å². The lowest BCUT2D eigenvalue weighted by Crippen LogP contribution is -2.27. The third-order valence-corrected chi connectivity index (χ3v) is 3.34. The molecule has 0 aliphatic carbocycles. The van der Waals surface area contributed by atoms with Crippen molar-refractivity contribution in [2.24, 2.45) is 0 Å². The van der Waals surface area contributed by atoms with Gasteiger partial charge in [0, 0.05) is 35.0 Å². The molecule has 0 saturated heterocycles. The Kier molecular flexibility index (Phi) is 4.93. The van der Waals surface area contributed by atoms with Crippen LogP contribution >= 0.6 is 28.1 Å². The average Bonchev–Trinajstić information content (AvgIpc) is 2.87. The average molecular weight is 339 g/mol. The highest BCUT2D eigenvalue weighted by molar-refractivity contribution is 9.10. The van der Waals surface area contributed by atoms with Crippen LogP contribution in [-0.2, 0) is 13.1 Å². The molecule has 0 atom stereocenters. The summed E-state index contributed by atoms with van der Waals surface area (Å²) in [6.45, 7) is 3.61. The van der Waals surface area contributed by atoms with Crippen LogP contribution in [0.2, 0.25) is 0 Å². The van der Waals surface area contributed by atoms with Gasteiger partial charge in [-0.2, -0.15) is 5.10 Å². The van der Waals surface area contributed by atoms with E-state index in [1.165, 1.54) is 0 Å². The topological polar surface area (TPSA) is 41.9 Å². The number of hydrogen-bond donors (Lipinski definition) is 2. The van der Waals surface area contributed by atoms with Gasteiger partial charge in [-0.3, -0.25) is 4.68 Å². The molecule has 4 nitrogen and oxygen atoms in total. The molecule has 100 valence electrons. The Labute approximate surface area is 126 Å². The Morgan fingerprint density at radius 3 is 2.74 bits per heavy atom. The van der Waals surface area contributed by atoms with Gasteiger partial charge in [0.1, 0.15) is 0 Å². The second-order valence-electron chi connectivity index (χ2n) is 4.02. The third-order valence-electron chi connectivity index (χ3n) is 2.57. The summed E-state index contributed by atoms with van der Waals surface area (Å²) in [6, 6.07) is 7.87. The summed E-state index contributed by atoms with van der Waals surface area (Å²) in [5.74, 6) is 0. The maximum atomic E-state index is 5.24. The summed E-state index contributed by atoms with van der Waals surface area (Å²) in [5, 5.41) is 11.1. The molecule has 2 rings (SSSR count). The zero-order valence-corrected chi connectivity index (χ0v) is 13.0. The van der Waals surface area contributed by atoms with E-state index in [1.807, 2.05) is 41.3 Å². The van der Waals surface area contributed by atoms with Crippen LogP contribution in [0.1, 0.15) is 12.5 Å². The van der Waals surface area contributed by atoms with Gasteiger partial charge in [0.05, 0.1) is 6.20 Å². The van der Waals surface area contributed by atoms with E-state index in [4.69, 9.17) is 12.2 Å². The molecular formula is C13H15BrN4S. The molecule has 0 aliphatic rings. The molecule has 0 radical (unpaired) electrons. The molecule has 19 heavy (non-hydrogen) atoms. The first-order chi connectivity index (χ1) is 9.17. The number of nitrogens with one attached hydrogen (secondary N) is 2. The second kappa shape index (κ2) is 6.68. The number of anilines is 1. The van der Waals surface area contributed by atoms with Crippen LogP contribution in [0.5, 0.6) is 0 Å². The largest absolute Gasteiger partial charge is 0.358 e. The number of aryl methyl sites for hydroxylation is 1. The lowest BCUT2D eigenvalue weighted by atomic mass is 10.3. The van der Waals surface area contributed by atoms with Gasteiger partial charge in [-0.1, -0.05) is 15.9 Å². The quantitative estimate of drug-likeness (QED) is 0.840. The Morgan fingerprint density at radius 1 is 1.37 bits per heavy atom. The van der Waals surface area contributed by atoms with Crippen molar-refractivity contribution < 1.29 is 0 Å². The van der Waals surface area contributed by atoms with E-state index in [2.05, 4.69) is 38.6 Å². The van der Waals surface area contributed by atoms with Gasteiger partial charge in [0.25, 0.3) is 0 Å². The van der Waals surface area contributed by atoms with E-state index < -0.39 is 0 Å². The van der Waals surface area contributed by atoms with Crippen LogP contribution in [0.4, 0.5) is 5.69 Å². The Bertz CT molecular complexity index is 550. The van der Waals surface area contributed by atoms with E-state index in [1.54, 1.807) is 0 Å². The number of aromatic nitrogens is 2. The molecule has 6 heteroatoms. The van der Waals surface area contributed by atoms with E-state index in [9.17, 15) is 0 Å². The van der Waals surface area contributed by atoms with E-state index in [0.717, 1.165) is 22.3 Å². The van der Waals surface area contributed by atoms with E-state index in [0.29, 0.717) is 11.7 Å². The maximum absolute atomic E-state index is 5.24. The zero-order chi connectivity index (χ0) is 13.7. The van der Waals surface area contributed by atoms with Crippen LogP contribution in [0.3, 0.4) is 0 Å². The molecule has 1 heterocycles. The van der Waals surface area contributed by atoms with Gasteiger partial charge in [-0.25, -0.2) is 0 Å². The van der Waals surface area contributed by atoms with Crippen LogP contribution in [-0.4, -0.2) is 14.9 Å². The smallest absolute Gasteiger partial charge is 0.171 e. The first-order valence-electron chi connectivity index (χ1n) is 5.99. The Morgan fingerprint density at radius 2 is 2.11 bits per heavy atom. The van der Waals surface area contributed by atoms with Crippen molar-refractivity contribution in [1.82, 2.24) is 15.1 Å².